The van der Waals surface area contributed by atoms with E-state index in [1.165, 1.54) is 0 Å². The zero-order valence-corrected chi connectivity index (χ0v) is 15.9. The maximum atomic E-state index is 9.73. The molecule has 0 fully saturated rings. The maximum Gasteiger partial charge on any atom is 0.213 e. The SMILES string of the molecule is CC(C)c1cccc(C(C)(C)O)n1.COc1cccc(C(C)C)n1. The number of methoxy groups -OCH3 is 1. The van der Waals surface area contributed by atoms with Crippen LogP contribution in [0, 0.1) is 0 Å². The Labute approximate surface area is 145 Å². The third kappa shape index (κ3) is 6.28. The molecule has 0 amide bonds. The van der Waals surface area contributed by atoms with E-state index in [-0.39, 0.29) is 0 Å². The lowest BCUT2D eigenvalue weighted by Gasteiger charge is -2.17. The van der Waals surface area contributed by atoms with Gasteiger partial charge in [0, 0.05) is 17.5 Å². The minimum Gasteiger partial charge on any atom is -0.481 e. The van der Waals surface area contributed by atoms with E-state index in [9.17, 15) is 5.11 Å². The highest BCUT2D eigenvalue weighted by Gasteiger charge is 2.17. The molecule has 0 spiro atoms. The second-order valence-electron chi connectivity index (χ2n) is 6.92. The van der Waals surface area contributed by atoms with Crippen LogP contribution in [0.25, 0.3) is 0 Å². The van der Waals surface area contributed by atoms with E-state index in [2.05, 4.69) is 37.7 Å². The van der Waals surface area contributed by atoms with Crippen molar-refractivity contribution in [1.29, 1.82) is 0 Å². The van der Waals surface area contributed by atoms with Crippen molar-refractivity contribution in [3.8, 4) is 5.88 Å². The Kier molecular flexibility index (Phi) is 7.36. The summed E-state index contributed by atoms with van der Waals surface area (Å²) in [4.78, 5) is 8.66. The molecule has 0 aliphatic carbocycles. The van der Waals surface area contributed by atoms with Gasteiger partial charge in [-0.15, -0.1) is 0 Å². The van der Waals surface area contributed by atoms with Crippen LogP contribution >= 0.6 is 0 Å². The first-order valence-corrected chi connectivity index (χ1v) is 8.36. The Bertz CT molecular complexity index is 632. The molecule has 0 radical (unpaired) electrons. The molecule has 2 heterocycles. The van der Waals surface area contributed by atoms with Crippen LogP contribution in [0.2, 0.25) is 0 Å². The highest BCUT2D eigenvalue weighted by Crippen LogP contribution is 2.20. The van der Waals surface area contributed by atoms with Gasteiger partial charge in [0.05, 0.1) is 12.8 Å². The highest BCUT2D eigenvalue weighted by atomic mass is 16.5. The molecule has 0 aliphatic heterocycles. The summed E-state index contributed by atoms with van der Waals surface area (Å²) >= 11 is 0. The Hall–Kier alpha value is -1.94. The zero-order valence-electron chi connectivity index (χ0n) is 15.9. The summed E-state index contributed by atoms with van der Waals surface area (Å²) < 4.78 is 4.99. The van der Waals surface area contributed by atoms with E-state index in [0.717, 1.165) is 17.1 Å². The molecular weight excluding hydrogens is 300 g/mol. The number of aliphatic hydroxyl groups is 1. The van der Waals surface area contributed by atoms with Crippen molar-refractivity contribution in [2.24, 2.45) is 0 Å². The van der Waals surface area contributed by atoms with Crippen LogP contribution in [0.15, 0.2) is 36.4 Å². The molecule has 1 N–H and O–H groups in total. The van der Waals surface area contributed by atoms with Crippen molar-refractivity contribution in [1.82, 2.24) is 9.97 Å². The van der Waals surface area contributed by atoms with Crippen molar-refractivity contribution < 1.29 is 9.84 Å². The highest BCUT2D eigenvalue weighted by molar-refractivity contribution is 5.18. The average molecular weight is 330 g/mol. The number of aromatic nitrogens is 2. The van der Waals surface area contributed by atoms with Crippen molar-refractivity contribution in [2.75, 3.05) is 7.11 Å². The second kappa shape index (κ2) is 8.78. The average Bonchev–Trinajstić information content (AvgIpc) is 2.54. The van der Waals surface area contributed by atoms with Crippen molar-refractivity contribution in [2.45, 2.75) is 59.0 Å². The van der Waals surface area contributed by atoms with Gasteiger partial charge < -0.3 is 9.84 Å². The molecule has 0 aromatic carbocycles. The number of pyridine rings is 2. The van der Waals surface area contributed by atoms with Gasteiger partial charge in [0.1, 0.15) is 5.60 Å². The molecule has 0 unspecified atom stereocenters. The lowest BCUT2D eigenvalue weighted by Crippen LogP contribution is -2.18. The molecule has 2 aromatic heterocycles. The maximum absolute atomic E-state index is 9.73. The molecule has 0 saturated carbocycles. The molecule has 2 aromatic rings. The van der Waals surface area contributed by atoms with Gasteiger partial charge in [0.25, 0.3) is 0 Å². The standard InChI is InChI=1S/C11H17NO.C9H13NO/c1-8(2)9-6-5-7-10(12-9)11(3,4)13;1-7(2)8-5-4-6-9(10-8)11-3/h5-8,13H,1-4H3;4-7H,1-3H3. The Morgan fingerprint density at radius 1 is 0.875 bits per heavy atom. The van der Waals surface area contributed by atoms with E-state index < -0.39 is 5.60 Å². The first-order valence-electron chi connectivity index (χ1n) is 8.36. The van der Waals surface area contributed by atoms with Crippen LogP contribution in [0.5, 0.6) is 5.88 Å². The number of ether oxygens (including phenoxy) is 1. The van der Waals surface area contributed by atoms with Gasteiger partial charge in [-0.3, -0.25) is 4.98 Å². The van der Waals surface area contributed by atoms with E-state index in [0.29, 0.717) is 17.7 Å². The van der Waals surface area contributed by atoms with E-state index in [1.54, 1.807) is 21.0 Å². The van der Waals surface area contributed by atoms with Crippen LogP contribution in [0.3, 0.4) is 0 Å². The van der Waals surface area contributed by atoms with Gasteiger partial charge in [0.15, 0.2) is 0 Å². The van der Waals surface area contributed by atoms with Crippen molar-refractivity contribution in [3.05, 3.63) is 53.5 Å². The monoisotopic (exact) mass is 330 g/mol. The molecule has 4 heteroatoms. The van der Waals surface area contributed by atoms with Gasteiger partial charge in [-0.25, -0.2) is 4.98 Å². The summed E-state index contributed by atoms with van der Waals surface area (Å²) in [6.45, 7) is 11.9. The Morgan fingerprint density at radius 2 is 1.38 bits per heavy atom. The van der Waals surface area contributed by atoms with Crippen LogP contribution < -0.4 is 4.74 Å². The number of hydrogen-bond acceptors (Lipinski definition) is 4. The Balaban J connectivity index is 0.000000243. The molecule has 2 rings (SSSR count). The lowest BCUT2D eigenvalue weighted by atomic mass is 10.0. The molecule has 0 bridgehead atoms. The van der Waals surface area contributed by atoms with Crippen LogP contribution in [-0.4, -0.2) is 22.2 Å². The number of nitrogens with zero attached hydrogens (tertiary/aromatic N) is 2. The van der Waals surface area contributed by atoms with Crippen LogP contribution in [0.1, 0.15) is 70.5 Å². The van der Waals surface area contributed by atoms with E-state index in [1.807, 2.05) is 36.4 Å². The summed E-state index contributed by atoms with van der Waals surface area (Å²) in [5.41, 5.74) is 1.99. The predicted octanol–water partition coefficient (Wildman–Crippen LogP) is 4.65. The largest absolute Gasteiger partial charge is 0.481 e. The summed E-state index contributed by atoms with van der Waals surface area (Å²) in [6.07, 6.45) is 0. The summed E-state index contributed by atoms with van der Waals surface area (Å²) in [5, 5.41) is 9.73. The third-order valence-corrected chi connectivity index (χ3v) is 3.53. The summed E-state index contributed by atoms with van der Waals surface area (Å²) in [6, 6.07) is 11.6. The van der Waals surface area contributed by atoms with Crippen LogP contribution in [-0.2, 0) is 5.60 Å². The summed E-state index contributed by atoms with van der Waals surface area (Å²) in [7, 11) is 1.63. The second-order valence-corrected chi connectivity index (χ2v) is 6.92. The topological polar surface area (TPSA) is 55.2 Å². The van der Waals surface area contributed by atoms with Crippen molar-refractivity contribution in [3.63, 3.8) is 0 Å². The van der Waals surface area contributed by atoms with E-state index in [4.69, 9.17) is 4.74 Å². The minimum absolute atomic E-state index is 0.405. The molecular formula is C20H30N2O2. The minimum atomic E-state index is -0.842. The predicted molar refractivity (Wildman–Crippen MR) is 98.4 cm³/mol. The fraction of sp³-hybridized carbons (Fsp3) is 0.500. The first kappa shape index (κ1) is 20.1. The summed E-state index contributed by atoms with van der Waals surface area (Å²) in [5.74, 6) is 1.56. The van der Waals surface area contributed by atoms with Crippen LogP contribution in [0.4, 0.5) is 0 Å². The Morgan fingerprint density at radius 3 is 1.83 bits per heavy atom. The fourth-order valence-electron chi connectivity index (χ4n) is 1.98. The van der Waals surface area contributed by atoms with Gasteiger partial charge in [-0.05, 0) is 43.9 Å². The van der Waals surface area contributed by atoms with Gasteiger partial charge in [0.2, 0.25) is 5.88 Å². The zero-order chi connectivity index (χ0) is 18.3. The molecule has 0 saturated heterocycles. The number of rotatable bonds is 4. The third-order valence-electron chi connectivity index (χ3n) is 3.53. The molecule has 24 heavy (non-hydrogen) atoms. The molecule has 0 aliphatic rings. The lowest BCUT2D eigenvalue weighted by molar-refractivity contribution is 0.0736. The van der Waals surface area contributed by atoms with Gasteiger partial charge >= 0.3 is 0 Å². The molecule has 4 nitrogen and oxygen atoms in total. The molecule has 132 valence electrons. The number of hydrogen-bond donors (Lipinski definition) is 1. The quantitative estimate of drug-likeness (QED) is 0.887. The van der Waals surface area contributed by atoms with Crippen molar-refractivity contribution >= 4 is 0 Å². The van der Waals surface area contributed by atoms with Gasteiger partial charge in [-0.2, -0.15) is 0 Å². The molecule has 0 atom stereocenters. The van der Waals surface area contributed by atoms with Gasteiger partial charge in [-0.1, -0.05) is 39.8 Å². The van der Waals surface area contributed by atoms with E-state index >= 15 is 0 Å². The first-order chi connectivity index (χ1) is 11.1. The fourth-order valence-corrected chi connectivity index (χ4v) is 1.98. The smallest absolute Gasteiger partial charge is 0.213 e. The normalized spacial score (nSPS) is 11.2.